The van der Waals surface area contributed by atoms with Gasteiger partial charge in [0.05, 0.1) is 31.6 Å². The van der Waals surface area contributed by atoms with Crippen molar-refractivity contribution in [1.82, 2.24) is 34.1 Å². The Labute approximate surface area is 266 Å². The molecule has 0 aromatic carbocycles. The Bertz CT molecular complexity index is 1970. The number of anilines is 2. The molecule has 248 valence electrons. The Kier molecular flexibility index (Phi) is 8.22. The molecule has 7 rings (SSSR count). The van der Waals surface area contributed by atoms with Crippen LogP contribution in [-0.4, -0.2) is 100 Å². The van der Waals surface area contributed by atoms with Gasteiger partial charge >= 0.3 is 6.72 Å². The van der Waals surface area contributed by atoms with Gasteiger partial charge in [-0.2, -0.15) is 4.98 Å². The van der Waals surface area contributed by atoms with E-state index in [1.165, 1.54) is 27.7 Å². The summed E-state index contributed by atoms with van der Waals surface area (Å²) < 4.78 is 68.6. The van der Waals surface area contributed by atoms with Gasteiger partial charge in [0.25, 0.3) is 5.56 Å². The highest BCUT2D eigenvalue weighted by atomic mass is 32.5. The third-order valence-corrected chi connectivity index (χ3v) is 10.8. The number of nitrogens with two attached hydrogens (primary N) is 2. The second kappa shape index (κ2) is 11.8. The zero-order valence-electron chi connectivity index (χ0n) is 23.1. The van der Waals surface area contributed by atoms with Crippen molar-refractivity contribution in [2.75, 3.05) is 31.0 Å². The number of nitrogen functional groups attached to an aromatic ring is 2. The molecule has 18 nitrogen and oxygen atoms in total. The number of rotatable bonds is 2. The highest BCUT2D eigenvalue weighted by Gasteiger charge is 2.52. The van der Waals surface area contributed by atoms with E-state index in [0.29, 0.717) is 11.2 Å². The van der Waals surface area contributed by atoms with E-state index >= 15 is 8.78 Å². The first-order valence-corrected chi connectivity index (χ1v) is 18.9. The van der Waals surface area contributed by atoms with Crippen molar-refractivity contribution in [2.45, 2.75) is 49.2 Å². The van der Waals surface area contributed by atoms with Crippen molar-refractivity contribution in [2.24, 2.45) is 0 Å². The summed E-state index contributed by atoms with van der Waals surface area (Å²) in [5.41, 5.74) is 11.6. The van der Waals surface area contributed by atoms with Crippen molar-refractivity contribution in [3.63, 3.8) is 0 Å². The van der Waals surface area contributed by atoms with Crippen LogP contribution in [0.3, 0.4) is 0 Å². The van der Waals surface area contributed by atoms with Crippen LogP contribution in [0.1, 0.15) is 12.5 Å². The summed E-state index contributed by atoms with van der Waals surface area (Å²) in [5, 5.41) is 0. The van der Waals surface area contributed by atoms with Gasteiger partial charge in [-0.1, -0.05) is 0 Å². The Hall–Kier alpha value is -2.59. The number of aromatic amines is 1. The summed E-state index contributed by atoms with van der Waals surface area (Å²) in [6.07, 6.45) is -9.30. The van der Waals surface area contributed by atoms with Crippen molar-refractivity contribution >= 4 is 70.8 Å². The minimum absolute atomic E-state index is 0.0788. The lowest BCUT2D eigenvalue weighted by Gasteiger charge is -2.27. The molecule has 4 aromatic heterocycles. The van der Waals surface area contributed by atoms with Crippen molar-refractivity contribution in [3.05, 3.63) is 35.3 Å². The molecule has 2 bridgehead atoms. The summed E-state index contributed by atoms with van der Waals surface area (Å²) in [6.45, 7) is -9.35. The van der Waals surface area contributed by atoms with Crippen LogP contribution in [0.25, 0.3) is 22.3 Å². The molecule has 0 spiro atoms. The Morgan fingerprint density at radius 1 is 0.935 bits per heavy atom. The summed E-state index contributed by atoms with van der Waals surface area (Å²) >= 11 is 10.4. The van der Waals surface area contributed by atoms with Gasteiger partial charge in [0.1, 0.15) is 36.3 Å². The van der Waals surface area contributed by atoms with E-state index in [1.54, 1.807) is 0 Å². The van der Waals surface area contributed by atoms with E-state index in [2.05, 4.69) is 24.9 Å². The van der Waals surface area contributed by atoms with E-state index in [0.717, 1.165) is 6.33 Å². The molecule has 3 saturated heterocycles. The van der Waals surface area contributed by atoms with Crippen LogP contribution < -0.4 is 17.0 Å². The molecule has 0 amide bonds. The number of halogens is 2. The molecule has 10 atom stereocenters. The number of imidazole rings is 2. The number of hydrogen-bond donors (Lipinski definition) is 5. The van der Waals surface area contributed by atoms with Crippen LogP contribution in [0.2, 0.25) is 0 Å². The van der Waals surface area contributed by atoms with Gasteiger partial charge in [-0.3, -0.25) is 23.4 Å². The first-order valence-electron chi connectivity index (χ1n) is 13.4. The molecule has 4 aromatic rings. The number of nitrogens with zero attached hydrogens (tertiary/aromatic N) is 6. The van der Waals surface area contributed by atoms with Crippen LogP contribution in [-0.2, 0) is 51.4 Å². The normalized spacial score (nSPS) is 37.4. The quantitative estimate of drug-likeness (QED) is 0.177. The van der Waals surface area contributed by atoms with E-state index in [9.17, 15) is 14.6 Å². The number of aromatic nitrogens is 7. The van der Waals surface area contributed by atoms with Crippen LogP contribution >= 0.6 is 13.2 Å². The van der Waals surface area contributed by atoms with Crippen LogP contribution in [0, 0.1) is 0 Å². The van der Waals surface area contributed by atoms with Gasteiger partial charge < -0.3 is 44.5 Å². The van der Waals surface area contributed by atoms with Crippen molar-refractivity contribution < 1.29 is 46.3 Å². The van der Waals surface area contributed by atoms with Gasteiger partial charge in [0, 0.05) is 6.20 Å². The maximum absolute atomic E-state index is 16.0. The number of ether oxygens (including phenoxy) is 3. The van der Waals surface area contributed by atoms with E-state index in [4.69, 9.17) is 62.9 Å². The van der Waals surface area contributed by atoms with Gasteiger partial charge in [0.2, 0.25) is 12.4 Å². The molecule has 0 radical (unpaired) electrons. The van der Waals surface area contributed by atoms with E-state index in [-0.39, 0.29) is 22.8 Å². The molecule has 7 N–H and O–H groups in total. The number of alkyl halides is 2. The van der Waals surface area contributed by atoms with Gasteiger partial charge in [-0.25, -0.2) is 23.7 Å². The maximum atomic E-state index is 16.0. The second-order valence-corrected chi connectivity index (χ2v) is 16.8. The number of hydrogen-bond acceptors (Lipinski definition) is 15. The topological polar surface area (TPSA) is 242 Å². The molecule has 7 heterocycles. The molecule has 0 aliphatic carbocycles. The highest BCUT2D eigenvalue weighted by molar-refractivity contribution is 8.09. The molecule has 0 saturated carbocycles. The highest BCUT2D eigenvalue weighted by Crippen LogP contribution is 2.52. The number of pyridine rings is 1. The standard InChI is InChI=1S/C22H25F2N9O9P2S2/c23-11-9-3-38-43(35,45)7-37-15-10(41-20(12(15)24)32-5-28-13-8(25)1-2-27-17(13)32)4-39-44(36,46)42-16(11)21(40-9)33-6-29-14-18(33)30-22(26)31-19(14)34/h1-2,5-6,9-12,15-16,20-21H,3-4,7H2,(H2,25,27)(H,35,45)(H,36,46)(H3,26,30,31,34)/t9-,10-,11-,12+,15-,16-,20-,21-,43?,44?/m1/s1. The fourth-order valence-electron chi connectivity index (χ4n) is 5.45. The first kappa shape index (κ1) is 32.0. The third kappa shape index (κ3) is 5.75. The number of H-pyrrole nitrogens is 1. The van der Waals surface area contributed by atoms with Crippen LogP contribution in [0.4, 0.5) is 20.4 Å². The monoisotopic (exact) mass is 723 g/mol. The molecule has 2 unspecified atom stereocenters. The predicted octanol–water partition coefficient (Wildman–Crippen LogP) is 0.493. The molecule has 3 aliphatic heterocycles. The number of nitrogens with one attached hydrogen (secondary N) is 1. The third-order valence-electron chi connectivity index (χ3n) is 7.55. The lowest BCUT2D eigenvalue weighted by atomic mass is 10.1. The summed E-state index contributed by atoms with van der Waals surface area (Å²) in [4.78, 5) is 53.0. The Morgan fingerprint density at radius 2 is 1.63 bits per heavy atom. The van der Waals surface area contributed by atoms with Crippen LogP contribution in [0.5, 0.6) is 0 Å². The van der Waals surface area contributed by atoms with Crippen molar-refractivity contribution in [3.8, 4) is 0 Å². The average Bonchev–Trinajstić information content (AvgIpc) is 3.75. The minimum Gasteiger partial charge on any atom is -0.397 e. The molecule has 3 aliphatic rings. The predicted molar refractivity (Wildman–Crippen MR) is 162 cm³/mol. The zero-order chi connectivity index (χ0) is 32.5. The van der Waals surface area contributed by atoms with Crippen LogP contribution in [0.15, 0.2) is 29.7 Å². The fraction of sp³-hybridized carbons (Fsp3) is 0.500. The Balaban J connectivity index is 1.20. The summed E-state index contributed by atoms with van der Waals surface area (Å²) in [6, 6.07) is 1.53. The van der Waals surface area contributed by atoms with E-state index in [1.807, 2.05) is 0 Å². The lowest BCUT2D eigenvalue weighted by molar-refractivity contribution is -0.0570. The van der Waals surface area contributed by atoms with Crippen molar-refractivity contribution in [1.29, 1.82) is 0 Å². The largest absolute Gasteiger partial charge is 0.397 e. The first-order chi connectivity index (χ1) is 21.8. The van der Waals surface area contributed by atoms with E-state index < -0.39 is 87.5 Å². The van der Waals surface area contributed by atoms with Gasteiger partial charge in [-0.15, -0.1) is 0 Å². The Morgan fingerprint density at radius 3 is 2.41 bits per heavy atom. The van der Waals surface area contributed by atoms with Gasteiger partial charge in [-0.05, 0) is 29.7 Å². The summed E-state index contributed by atoms with van der Waals surface area (Å²) in [5.74, 6) is -0.250. The molecular weight excluding hydrogens is 698 g/mol. The fourth-order valence-corrected chi connectivity index (χ4v) is 8.03. The second-order valence-electron chi connectivity index (χ2n) is 10.5. The molecular formula is C22H25F2N9O9P2S2. The maximum Gasteiger partial charge on any atom is 0.325 e. The molecule has 24 heteroatoms. The zero-order valence-corrected chi connectivity index (χ0v) is 26.5. The SMILES string of the molecule is Nc1nc2c(ncn2[C@@H]2O[C@@H]3COP(O)(=S)CO[C@H]4[C@H](F)[C@H](n5cnc6c(N)ccnc65)O[C@@H]4COP(O)(=S)O[C@@H]2[C@@H]3F)c(=O)[nH]1. The summed E-state index contributed by atoms with van der Waals surface area (Å²) in [7, 11) is 0. The lowest BCUT2D eigenvalue weighted by Crippen LogP contribution is -2.36. The van der Waals surface area contributed by atoms with Gasteiger partial charge in [0.15, 0.2) is 41.6 Å². The average molecular weight is 724 g/mol. The molecule has 46 heavy (non-hydrogen) atoms. The smallest absolute Gasteiger partial charge is 0.325 e. The minimum atomic E-state index is -4.33. The number of fused-ring (bicyclic) bond motifs is 5. The molecule has 3 fully saturated rings.